The average Bonchev–Trinajstić information content (AvgIpc) is 3.09. The van der Waals surface area contributed by atoms with E-state index in [2.05, 4.69) is 70.7 Å². The van der Waals surface area contributed by atoms with Gasteiger partial charge in [0.25, 0.3) is 0 Å². The number of para-hydroxylation sites is 1. The third-order valence-electron chi connectivity index (χ3n) is 5.13. The van der Waals surface area contributed by atoms with Gasteiger partial charge in [-0.05, 0) is 55.2 Å². The minimum Gasteiger partial charge on any atom is -0.497 e. The Balaban J connectivity index is 1.53. The van der Waals surface area contributed by atoms with Crippen molar-refractivity contribution in [2.45, 2.75) is 25.3 Å². The van der Waals surface area contributed by atoms with E-state index in [1.54, 1.807) is 7.11 Å². The zero-order chi connectivity index (χ0) is 17.1. The summed E-state index contributed by atoms with van der Waals surface area (Å²) in [4.78, 5) is 5.91. The molecule has 0 saturated carbocycles. The number of aryl methyl sites for hydroxylation is 1. The fourth-order valence-corrected chi connectivity index (χ4v) is 3.74. The van der Waals surface area contributed by atoms with E-state index in [9.17, 15) is 0 Å². The van der Waals surface area contributed by atoms with E-state index in [-0.39, 0.29) is 0 Å². The molecule has 1 aromatic heterocycles. The smallest absolute Gasteiger partial charge is 0.119 e. The molecular weight excluding hydrogens is 308 g/mol. The highest BCUT2D eigenvalue weighted by Gasteiger charge is 2.20. The SMILES string of the molecule is COc1ccc2[nH]cc(CCC3CC=CCN3c3ccccc3)c2c1. The fraction of sp³-hybridized carbons (Fsp3) is 0.273. The van der Waals surface area contributed by atoms with Crippen molar-refractivity contribution in [2.75, 3.05) is 18.6 Å². The maximum atomic E-state index is 5.38. The number of aromatic amines is 1. The van der Waals surface area contributed by atoms with Gasteiger partial charge in [-0.2, -0.15) is 0 Å². The summed E-state index contributed by atoms with van der Waals surface area (Å²) in [6.45, 7) is 0.996. The van der Waals surface area contributed by atoms with Crippen LogP contribution in [0.1, 0.15) is 18.4 Å². The summed E-state index contributed by atoms with van der Waals surface area (Å²) < 4.78 is 5.38. The van der Waals surface area contributed by atoms with Crippen LogP contribution >= 0.6 is 0 Å². The van der Waals surface area contributed by atoms with Crippen molar-refractivity contribution < 1.29 is 4.74 Å². The van der Waals surface area contributed by atoms with E-state index in [0.717, 1.165) is 31.6 Å². The van der Waals surface area contributed by atoms with Crippen molar-refractivity contribution in [2.24, 2.45) is 0 Å². The largest absolute Gasteiger partial charge is 0.497 e. The van der Waals surface area contributed by atoms with E-state index in [1.165, 1.54) is 22.2 Å². The highest BCUT2D eigenvalue weighted by atomic mass is 16.5. The number of nitrogens with one attached hydrogen (secondary N) is 1. The summed E-state index contributed by atoms with van der Waals surface area (Å²) in [6, 6.07) is 17.5. The minimum atomic E-state index is 0.544. The molecule has 0 aliphatic carbocycles. The van der Waals surface area contributed by atoms with Crippen molar-refractivity contribution in [3.8, 4) is 5.75 Å². The van der Waals surface area contributed by atoms with Gasteiger partial charge in [-0.3, -0.25) is 0 Å². The van der Waals surface area contributed by atoms with Gasteiger partial charge in [0.05, 0.1) is 7.11 Å². The van der Waals surface area contributed by atoms with Gasteiger partial charge in [0.15, 0.2) is 0 Å². The zero-order valence-electron chi connectivity index (χ0n) is 14.6. The molecule has 0 saturated heterocycles. The van der Waals surface area contributed by atoms with E-state index in [4.69, 9.17) is 4.74 Å². The lowest BCUT2D eigenvalue weighted by Crippen LogP contribution is -2.37. The first kappa shape index (κ1) is 15.8. The van der Waals surface area contributed by atoms with Crippen LogP contribution in [0.5, 0.6) is 5.75 Å². The summed E-state index contributed by atoms with van der Waals surface area (Å²) in [7, 11) is 1.72. The Morgan fingerprint density at radius 1 is 1.12 bits per heavy atom. The predicted molar refractivity (Wildman–Crippen MR) is 105 cm³/mol. The lowest BCUT2D eigenvalue weighted by Gasteiger charge is -2.35. The summed E-state index contributed by atoms with van der Waals surface area (Å²) in [5.41, 5.74) is 3.87. The zero-order valence-corrected chi connectivity index (χ0v) is 14.6. The Hall–Kier alpha value is -2.68. The van der Waals surface area contributed by atoms with Crippen LogP contribution < -0.4 is 9.64 Å². The number of methoxy groups -OCH3 is 1. The number of H-pyrrole nitrogens is 1. The van der Waals surface area contributed by atoms with Crippen LogP contribution in [0, 0.1) is 0 Å². The monoisotopic (exact) mass is 332 g/mol. The molecule has 3 aromatic rings. The number of nitrogens with zero attached hydrogens (tertiary/aromatic N) is 1. The van der Waals surface area contributed by atoms with Gasteiger partial charge in [0.2, 0.25) is 0 Å². The predicted octanol–water partition coefficient (Wildman–Crippen LogP) is 4.94. The molecule has 25 heavy (non-hydrogen) atoms. The second-order valence-electron chi connectivity index (χ2n) is 6.61. The maximum absolute atomic E-state index is 5.38. The Kier molecular flexibility index (Phi) is 4.47. The molecule has 1 aliphatic heterocycles. The molecule has 3 nitrogen and oxygen atoms in total. The first-order valence-corrected chi connectivity index (χ1v) is 8.96. The van der Waals surface area contributed by atoms with Gasteiger partial charge in [-0.15, -0.1) is 0 Å². The Bertz CT molecular complexity index is 866. The maximum Gasteiger partial charge on any atom is 0.119 e. The fourth-order valence-electron chi connectivity index (χ4n) is 3.74. The molecule has 0 bridgehead atoms. The van der Waals surface area contributed by atoms with E-state index in [1.807, 2.05) is 6.07 Å². The van der Waals surface area contributed by atoms with Gasteiger partial charge >= 0.3 is 0 Å². The topological polar surface area (TPSA) is 28.3 Å². The van der Waals surface area contributed by atoms with Crippen LogP contribution in [0.15, 0.2) is 66.9 Å². The quantitative estimate of drug-likeness (QED) is 0.670. The molecule has 3 heteroatoms. The van der Waals surface area contributed by atoms with Crippen LogP contribution in [-0.4, -0.2) is 24.7 Å². The third kappa shape index (κ3) is 3.27. The second-order valence-corrected chi connectivity index (χ2v) is 6.61. The van der Waals surface area contributed by atoms with E-state index < -0.39 is 0 Å². The molecule has 128 valence electrons. The number of aromatic nitrogens is 1. The van der Waals surface area contributed by atoms with Gasteiger partial charge in [0.1, 0.15) is 5.75 Å². The van der Waals surface area contributed by atoms with Crippen molar-refractivity contribution >= 4 is 16.6 Å². The summed E-state index contributed by atoms with van der Waals surface area (Å²) in [5.74, 6) is 0.917. The minimum absolute atomic E-state index is 0.544. The van der Waals surface area contributed by atoms with Crippen molar-refractivity contribution in [3.05, 3.63) is 72.4 Å². The molecule has 0 spiro atoms. The molecule has 1 atom stereocenters. The third-order valence-corrected chi connectivity index (χ3v) is 5.13. The van der Waals surface area contributed by atoms with Crippen LogP contribution in [0.2, 0.25) is 0 Å². The molecule has 1 aliphatic rings. The number of benzene rings is 2. The number of hydrogen-bond donors (Lipinski definition) is 1. The Morgan fingerprint density at radius 3 is 2.84 bits per heavy atom. The van der Waals surface area contributed by atoms with Crippen molar-refractivity contribution in [1.29, 1.82) is 0 Å². The number of fused-ring (bicyclic) bond motifs is 1. The van der Waals surface area contributed by atoms with Crippen LogP contribution in [-0.2, 0) is 6.42 Å². The standard InChI is InChI=1S/C22H24N2O/c1-25-20-12-13-22-21(15-20)17(16-23-22)10-11-19-9-5-6-14-24(19)18-7-3-2-4-8-18/h2-8,12-13,15-16,19,23H,9-11,14H2,1H3. The number of anilines is 1. The van der Waals surface area contributed by atoms with Crippen molar-refractivity contribution in [3.63, 3.8) is 0 Å². The number of rotatable bonds is 5. The molecule has 2 heterocycles. The molecule has 0 radical (unpaired) electrons. The molecule has 1 unspecified atom stereocenters. The normalized spacial score (nSPS) is 17.2. The highest BCUT2D eigenvalue weighted by Crippen LogP contribution is 2.28. The van der Waals surface area contributed by atoms with Crippen molar-refractivity contribution in [1.82, 2.24) is 4.98 Å². The van der Waals surface area contributed by atoms with E-state index in [0.29, 0.717) is 6.04 Å². The van der Waals surface area contributed by atoms with Gasteiger partial charge in [0, 0.05) is 35.4 Å². The number of ether oxygens (including phenoxy) is 1. The summed E-state index contributed by atoms with van der Waals surface area (Å²) >= 11 is 0. The van der Waals surface area contributed by atoms with Gasteiger partial charge in [-0.1, -0.05) is 30.4 Å². The Morgan fingerprint density at radius 2 is 2.00 bits per heavy atom. The first-order chi connectivity index (χ1) is 12.3. The lowest BCUT2D eigenvalue weighted by molar-refractivity contribution is 0.415. The summed E-state index contributed by atoms with van der Waals surface area (Å²) in [6.07, 6.45) is 10.1. The molecular formula is C22H24N2O. The van der Waals surface area contributed by atoms with E-state index >= 15 is 0 Å². The lowest BCUT2D eigenvalue weighted by atomic mass is 9.98. The molecule has 2 aromatic carbocycles. The summed E-state index contributed by atoms with van der Waals surface area (Å²) in [5, 5.41) is 1.27. The molecule has 4 rings (SSSR count). The highest BCUT2D eigenvalue weighted by molar-refractivity contribution is 5.84. The van der Waals surface area contributed by atoms with Gasteiger partial charge < -0.3 is 14.6 Å². The molecule has 1 N–H and O–H groups in total. The average molecular weight is 332 g/mol. The first-order valence-electron chi connectivity index (χ1n) is 8.96. The van der Waals surface area contributed by atoms with Gasteiger partial charge in [-0.25, -0.2) is 0 Å². The number of hydrogen-bond acceptors (Lipinski definition) is 2. The molecule has 0 amide bonds. The van der Waals surface area contributed by atoms with Crippen LogP contribution in [0.3, 0.4) is 0 Å². The Labute approximate surface area is 148 Å². The van der Waals surface area contributed by atoms with Crippen LogP contribution in [0.25, 0.3) is 10.9 Å². The van der Waals surface area contributed by atoms with Crippen LogP contribution in [0.4, 0.5) is 5.69 Å². The molecule has 0 fully saturated rings. The second kappa shape index (κ2) is 7.06.